The van der Waals surface area contributed by atoms with Crippen molar-refractivity contribution in [1.29, 1.82) is 0 Å². The molecule has 2 heterocycles. The number of halogens is 1. The van der Waals surface area contributed by atoms with E-state index in [1.807, 2.05) is 0 Å². The lowest BCUT2D eigenvalue weighted by Crippen LogP contribution is -2.54. The smallest absolute Gasteiger partial charge is 0.411 e. The van der Waals surface area contributed by atoms with Gasteiger partial charge in [0.25, 0.3) is 0 Å². The molecule has 3 fully saturated rings. The summed E-state index contributed by atoms with van der Waals surface area (Å²) in [5, 5.41) is 2.49. The van der Waals surface area contributed by atoms with E-state index in [0.29, 0.717) is 18.2 Å². The monoisotopic (exact) mass is 360 g/mol. The molecular formula is C20H25FN2O3. The molecule has 4 rings (SSSR count). The molecule has 3 atom stereocenters. The number of anilines is 1. The summed E-state index contributed by atoms with van der Waals surface area (Å²) in [4.78, 5) is 26.7. The van der Waals surface area contributed by atoms with E-state index in [2.05, 4.69) is 10.2 Å². The number of rotatable bonds is 2. The number of carbonyl (C=O) groups excluding carboxylic acids is 2. The van der Waals surface area contributed by atoms with Crippen LogP contribution in [-0.2, 0) is 9.53 Å². The molecule has 0 bridgehead atoms. The van der Waals surface area contributed by atoms with Crippen LogP contribution in [0.25, 0.3) is 0 Å². The molecule has 6 heteroatoms. The van der Waals surface area contributed by atoms with Gasteiger partial charge in [-0.05, 0) is 63.0 Å². The quantitative estimate of drug-likeness (QED) is 0.864. The predicted octanol–water partition coefficient (Wildman–Crippen LogP) is 4.09. The van der Waals surface area contributed by atoms with Crippen LogP contribution in [0.5, 0.6) is 0 Å². The molecule has 0 radical (unpaired) electrons. The van der Waals surface area contributed by atoms with Crippen molar-refractivity contribution in [3.05, 3.63) is 30.1 Å². The molecule has 5 nitrogen and oxygen atoms in total. The lowest BCUT2D eigenvalue weighted by atomic mass is 9.69. The molecule has 1 aromatic rings. The molecule has 0 aromatic heterocycles. The zero-order chi connectivity index (χ0) is 18.1. The Kier molecular flexibility index (Phi) is 4.59. The number of para-hydroxylation sites is 1. The summed E-state index contributed by atoms with van der Waals surface area (Å²) in [7, 11) is 0. The maximum Gasteiger partial charge on any atom is 0.411 e. The van der Waals surface area contributed by atoms with Crippen molar-refractivity contribution in [2.45, 2.75) is 63.0 Å². The minimum Gasteiger partial charge on any atom is -0.446 e. The summed E-state index contributed by atoms with van der Waals surface area (Å²) in [5.74, 6) is 0.203. The number of carbonyl (C=O) groups is 2. The Hall–Kier alpha value is -2.11. The molecule has 1 spiro atoms. The molecule has 2 aliphatic heterocycles. The molecule has 0 unspecified atom stereocenters. The fraction of sp³-hybridized carbons (Fsp3) is 0.600. The first-order valence-electron chi connectivity index (χ1n) is 9.61. The second-order valence-corrected chi connectivity index (χ2v) is 7.75. The summed E-state index contributed by atoms with van der Waals surface area (Å²) in [6.45, 7) is 0.870. The van der Waals surface area contributed by atoms with Crippen molar-refractivity contribution in [3.63, 3.8) is 0 Å². The van der Waals surface area contributed by atoms with Crippen molar-refractivity contribution in [2.24, 2.45) is 5.92 Å². The van der Waals surface area contributed by atoms with E-state index < -0.39 is 11.9 Å². The van der Waals surface area contributed by atoms with E-state index in [1.165, 1.54) is 12.1 Å². The average Bonchev–Trinajstić information content (AvgIpc) is 2.99. The highest BCUT2D eigenvalue weighted by molar-refractivity contribution is 5.84. The average molecular weight is 360 g/mol. The molecule has 1 aliphatic carbocycles. The van der Waals surface area contributed by atoms with Crippen LogP contribution < -0.4 is 5.32 Å². The minimum atomic E-state index is -0.607. The molecule has 2 saturated heterocycles. The van der Waals surface area contributed by atoms with E-state index in [-0.39, 0.29) is 17.3 Å². The highest BCUT2D eigenvalue weighted by Gasteiger charge is 2.52. The Bertz CT molecular complexity index is 710. The van der Waals surface area contributed by atoms with Crippen LogP contribution >= 0.6 is 0 Å². The number of hydrogen-bond donors (Lipinski definition) is 1. The van der Waals surface area contributed by atoms with E-state index in [4.69, 9.17) is 4.74 Å². The highest BCUT2D eigenvalue weighted by atomic mass is 19.1. The zero-order valence-corrected chi connectivity index (χ0v) is 14.9. The first-order chi connectivity index (χ1) is 12.6. The Morgan fingerprint density at radius 3 is 2.92 bits per heavy atom. The zero-order valence-electron chi connectivity index (χ0n) is 14.9. The van der Waals surface area contributed by atoms with Crippen LogP contribution in [-0.4, -0.2) is 35.1 Å². The topological polar surface area (TPSA) is 58.6 Å². The first kappa shape index (κ1) is 17.3. The summed E-state index contributed by atoms with van der Waals surface area (Å²) in [6, 6.07) is 6.06. The second kappa shape index (κ2) is 6.89. The Morgan fingerprint density at radius 1 is 1.23 bits per heavy atom. The summed E-state index contributed by atoms with van der Waals surface area (Å²) >= 11 is 0. The van der Waals surface area contributed by atoms with Gasteiger partial charge in [-0.15, -0.1) is 0 Å². The third kappa shape index (κ3) is 3.06. The standard InChI is InChI=1S/C20H25FN2O3/c21-16-6-1-2-7-17(16)22-19(25)26-15-9-11-20-10-4-12-23(20)18(24)8-3-5-14(20)13-15/h1-2,6-7,14-15H,3-5,8-13H2,(H,22,25)/t14-,15+,20+/m0/s1. The number of hydrogen-bond acceptors (Lipinski definition) is 3. The van der Waals surface area contributed by atoms with Gasteiger partial charge in [-0.3, -0.25) is 10.1 Å². The first-order valence-corrected chi connectivity index (χ1v) is 9.61. The lowest BCUT2D eigenvalue weighted by Gasteiger charge is -2.48. The Morgan fingerprint density at radius 2 is 2.08 bits per heavy atom. The van der Waals surface area contributed by atoms with E-state index in [0.717, 1.165) is 51.5 Å². The molecule has 140 valence electrons. The molecule has 3 aliphatic rings. The van der Waals surface area contributed by atoms with Crippen molar-refractivity contribution >= 4 is 17.7 Å². The summed E-state index contributed by atoms with van der Waals surface area (Å²) in [5.41, 5.74) is 0.113. The van der Waals surface area contributed by atoms with Crippen LogP contribution in [0.4, 0.5) is 14.9 Å². The SMILES string of the molecule is O=C(Nc1ccccc1F)O[C@@H]1CC[C@@]23CCCN2C(=O)CCC[C@H]3C1. The van der Waals surface area contributed by atoms with Crippen LogP contribution in [0.1, 0.15) is 51.4 Å². The van der Waals surface area contributed by atoms with Crippen molar-refractivity contribution in [1.82, 2.24) is 4.90 Å². The van der Waals surface area contributed by atoms with Crippen LogP contribution in [0.15, 0.2) is 24.3 Å². The van der Waals surface area contributed by atoms with Gasteiger partial charge in [0.2, 0.25) is 5.91 Å². The van der Waals surface area contributed by atoms with Gasteiger partial charge >= 0.3 is 6.09 Å². The van der Waals surface area contributed by atoms with Gasteiger partial charge in [-0.25, -0.2) is 9.18 Å². The van der Waals surface area contributed by atoms with Crippen molar-refractivity contribution < 1.29 is 18.7 Å². The number of ether oxygens (including phenoxy) is 1. The summed E-state index contributed by atoms with van der Waals surface area (Å²) in [6.07, 6.45) is 6.35. The molecular weight excluding hydrogens is 335 g/mol. The predicted molar refractivity (Wildman–Crippen MR) is 95.2 cm³/mol. The lowest BCUT2D eigenvalue weighted by molar-refractivity contribution is -0.138. The fourth-order valence-corrected chi connectivity index (χ4v) is 5.21. The van der Waals surface area contributed by atoms with Crippen molar-refractivity contribution in [2.75, 3.05) is 11.9 Å². The third-order valence-electron chi connectivity index (χ3n) is 6.36. The fourth-order valence-electron chi connectivity index (χ4n) is 5.21. The molecule has 2 amide bonds. The maximum atomic E-state index is 13.7. The highest BCUT2D eigenvalue weighted by Crippen LogP contribution is 2.49. The van der Waals surface area contributed by atoms with Crippen LogP contribution in [0.3, 0.4) is 0 Å². The number of amides is 2. The Balaban J connectivity index is 1.41. The third-order valence-corrected chi connectivity index (χ3v) is 6.36. The minimum absolute atomic E-state index is 0.0184. The molecule has 26 heavy (non-hydrogen) atoms. The van der Waals surface area contributed by atoms with E-state index in [1.54, 1.807) is 12.1 Å². The van der Waals surface area contributed by atoms with Gasteiger partial charge in [0.15, 0.2) is 0 Å². The van der Waals surface area contributed by atoms with Gasteiger partial charge in [0.05, 0.1) is 5.69 Å². The van der Waals surface area contributed by atoms with Gasteiger partial charge in [0.1, 0.15) is 11.9 Å². The normalized spacial score (nSPS) is 31.0. The molecule has 1 aromatic carbocycles. The van der Waals surface area contributed by atoms with Gasteiger partial charge < -0.3 is 9.64 Å². The summed E-state index contributed by atoms with van der Waals surface area (Å²) < 4.78 is 19.3. The van der Waals surface area contributed by atoms with Crippen molar-refractivity contribution in [3.8, 4) is 0 Å². The maximum absolute atomic E-state index is 13.7. The van der Waals surface area contributed by atoms with Gasteiger partial charge in [-0.2, -0.15) is 0 Å². The molecule has 1 N–H and O–H groups in total. The van der Waals surface area contributed by atoms with Gasteiger partial charge in [0, 0.05) is 18.5 Å². The second-order valence-electron chi connectivity index (χ2n) is 7.75. The molecule has 1 saturated carbocycles. The van der Waals surface area contributed by atoms with E-state index in [9.17, 15) is 14.0 Å². The number of nitrogens with zero attached hydrogens (tertiary/aromatic N) is 1. The van der Waals surface area contributed by atoms with E-state index >= 15 is 0 Å². The number of nitrogens with one attached hydrogen (secondary N) is 1. The van der Waals surface area contributed by atoms with Crippen LogP contribution in [0.2, 0.25) is 0 Å². The largest absolute Gasteiger partial charge is 0.446 e. The number of benzene rings is 1. The van der Waals surface area contributed by atoms with Gasteiger partial charge in [-0.1, -0.05) is 12.1 Å². The Labute approximate surface area is 152 Å². The van der Waals surface area contributed by atoms with Crippen LogP contribution in [0, 0.1) is 11.7 Å².